The lowest BCUT2D eigenvalue weighted by molar-refractivity contribution is 0.0629. The number of hydrogen-bond acceptors (Lipinski definition) is 3. The van der Waals surface area contributed by atoms with Crippen LogP contribution >= 0.6 is 11.8 Å². The Labute approximate surface area is 59.9 Å². The third-order valence-electron chi connectivity index (χ3n) is 1.12. The zero-order chi connectivity index (χ0) is 6.36. The molecule has 0 radical (unpaired) electrons. The summed E-state index contributed by atoms with van der Waals surface area (Å²) >= 11 is 1.89. The van der Waals surface area contributed by atoms with Gasteiger partial charge in [-0.3, -0.25) is 0 Å². The lowest BCUT2D eigenvalue weighted by Crippen LogP contribution is -2.04. The van der Waals surface area contributed by atoms with E-state index in [0.717, 1.165) is 37.9 Å². The van der Waals surface area contributed by atoms with Crippen LogP contribution in [0.15, 0.2) is 0 Å². The SMILES string of the molecule is C1COCCSCCO1. The van der Waals surface area contributed by atoms with E-state index < -0.39 is 0 Å². The number of ether oxygens (including phenoxy) is 2. The van der Waals surface area contributed by atoms with Gasteiger partial charge in [0.2, 0.25) is 0 Å². The van der Waals surface area contributed by atoms with Gasteiger partial charge in [-0.05, 0) is 0 Å². The minimum Gasteiger partial charge on any atom is -0.378 e. The van der Waals surface area contributed by atoms with Gasteiger partial charge in [0.25, 0.3) is 0 Å². The molecule has 0 atom stereocenters. The van der Waals surface area contributed by atoms with Crippen LogP contribution in [0.1, 0.15) is 0 Å². The van der Waals surface area contributed by atoms with Crippen molar-refractivity contribution in [2.75, 3.05) is 37.9 Å². The van der Waals surface area contributed by atoms with Crippen LogP contribution in [0.2, 0.25) is 0 Å². The first kappa shape index (κ1) is 7.38. The largest absolute Gasteiger partial charge is 0.378 e. The Hall–Kier alpha value is 0.270. The Morgan fingerprint density at radius 1 is 0.778 bits per heavy atom. The molecular formula is C6H12O2S. The summed E-state index contributed by atoms with van der Waals surface area (Å²) < 4.78 is 10.4. The summed E-state index contributed by atoms with van der Waals surface area (Å²) in [5.41, 5.74) is 0. The molecular weight excluding hydrogens is 136 g/mol. The first-order valence-electron chi connectivity index (χ1n) is 3.23. The highest BCUT2D eigenvalue weighted by molar-refractivity contribution is 7.99. The van der Waals surface area contributed by atoms with E-state index in [2.05, 4.69) is 0 Å². The van der Waals surface area contributed by atoms with Crippen molar-refractivity contribution in [1.29, 1.82) is 0 Å². The summed E-state index contributed by atoms with van der Waals surface area (Å²) in [6.07, 6.45) is 0. The Balaban J connectivity index is 2.02. The molecule has 1 aliphatic heterocycles. The van der Waals surface area contributed by atoms with Crippen LogP contribution in [0.4, 0.5) is 0 Å². The van der Waals surface area contributed by atoms with E-state index in [9.17, 15) is 0 Å². The molecule has 1 rings (SSSR count). The number of rotatable bonds is 0. The number of thioether (sulfide) groups is 1. The minimum atomic E-state index is 0.764. The van der Waals surface area contributed by atoms with Crippen LogP contribution < -0.4 is 0 Å². The molecule has 2 nitrogen and oxygen atoms in total. The van der Waals surface area contributed by atoms with E-state index in [4.69, 9.17) is 9.47 Å². The summed E-state index contributed by atoms with van der Waals surface area (Å²) in [7, 11) is 0. The standard InChI is InChI=1S/C6H12O2S/c1-2-8-4-6-9-5-3-7-1/h1-6H2. The molecule has 1 aliphatic rings. The predicted octanol–water partition coefficient (Wildman–Crippen LogP) is 0.766. The predicted molar refractivity (Wildman–Crippen MR) is 39.0 cm³/mol. The topological polar surface area (TPSA) is 18.5 Å². The molecule has 0 aromatic carbocycles. The van der Waals surface area contributed by atoms with Gasteiger partial charge in [0.05, 0.1) is 26.4 Å². The second-order valence-electron chi connectivity index (χ2n) is 1.84. The Morgan fingerprint density at radius 3 is 1.89 bits per heavy atom. The van der Waals surface area contributed by atoms with Crippen molar-refractivity contribution in [2.45, 2.75) is 0 Å². The van der Waals surface area contributed by atoms with Crippen molar-refractivity contribution >= 4 is 11.8 Å². The van der Waals surface area contributed by atoms with Gasteiger partial charge in [-0.25, -0.2) is 0 Å². The lowest BCUT2D eigenvalue weighted by atomic mass is 10.7. The van der Waals surface area contributed by atoms with Crippen molar-refractivity contribution in [3.63, 3.8) is 0 Å². The average molecular weight is 148 g/mol. The summed E-state index contributed by atoms with van der Waals surface area (Å²) in [6, 6.07) is 0. The minimum absolute atomic E-state index is 0.764. The van der Waals surface area contributed by atoms with Gasteiger partial charge in [-0.1, -0.05) is 0 Å². The molecule has 0 unspecified atom stereocenters. The first-order valence-corrected chi connectivity index (χ1v) is 4.39. The molecule has 0 aromatic heterocycles. The van der Waals surface area contributed by atoms with Gasteiger partial charge in [0.1, 0.15) is 0 Å². The van der Waals surface area contributed by atoms with Crippen molar-refractivity contribution in [2.24, 2.45) is 0 Å². The molecule has 0 aromatic rings. The van der Waals surface area contributed by atoms with Crippen LogP contribution in [-0.2, 0) is 9.47 Å². The molecule has 3 heteroatoms. The van der Waals surface area contributed by atoms with Crippen molar-refractivity contribution in [3.8, 4) is 0 Å². The normalized spacial score (nSPS) is 24.0. The monoisotopic (exact) mass is 148 g/mol. The van der Waals surface area contributed by atoms with Crippen LogP contribution in [-0.4, -0.2) is 37.9 Å². The summed E-state index contributed by atoms with van der Waals surface area (Å²) in [6.45, 7) is 3.29. The molecule has 0 aliphatic carbocycles. The summed E-state index contributed by atoms with van der Waals surface area (Å²) in [5, 5.41) is 0. The quantitative estimate of drug-likeness (QED) is 0.505. The van der Waals surface area contributed by atoms with E-state index in [-0.39, 0.29) is 0 Å². The third kappa shape index (κ3) is 3.78. The van der Waals surface area contributed by atoms with Gasteiger partial charge < -0.3 is 9.47 Å². The van der Waals surface area contributed by atoms with Gasteiger partial charge in [-0.15, -0.1) is 0 Å². The highest BCUT2D eigenvalue weighted by atomic mass is 32.2. The second-order valence-corrected chi connectivity index (χ2v) is 3.06. The molecule has 0 saturated carbocycles. The van der Waals surface area contributed by atoms with Crippen LogP contribution in [0.5, 0.6) is 0 Å². The van der Waals surface area contributed by atoms with E-state index in [1.165, 1.54) is 0 Å². The van der Waals surface area contributed by atoms with Gasteiger partial charge in [-0.2, -0.15) is 11.8 Å². The van der Waals surface area contributed by atoms with Crippen LogP contribution in [0.25, 0.3) is 0 Å². The fourth-order valence-corrected chi connectivity index (χ4v) is 1.34. The van der Waals surface area contributed by atoms with E-state index >= 15 is 0 Å². The average Bonchev–Trinajstić information content (AvgIpc) is 2.00. The molecule has 1 fully saturated rings. The van der Waals surface area contributed by atoms with Gasteiger partial charge >= 0.3 is 0 Å². The molecule has 0 N–H and O–H groups in total. The molecule has 0 spiro atoms. The highest BCUT2D eigenvalue weighted by Crippen LogP contribution is 2.00. The lowest BCUT2D eigenvalue weighted by Gasteiger charge is -1.98. The fraction of sp³-hybridized carbons (Fsp3) is 1.00. The first-order chi connectivity index (χ1) is 4.50. The highest BCUT2D eigenvalue weighted by Gasteiger charge is 1.95. The Morgan fingerprint density at radius 2 is 1.33 bits per heavy atom. The molecule has 0 amide bonds. The van der Waals surface area contributed by atoms with Crippen molar-refractivity contribution in [1.82, 2.24) is 0 Å². The maximum absolute atomic E-state index is 5.21. The second kappa shape index (κ2) is 5.09. The smallest absolute Gasteiger partial charge is 0.0700 e. The van der Waals surface area contributed by atoms with Crippen LogP contribution in [0, 0.1) is 0 Å². The maximum atomic E-state index is 5.21. The number of hydrogen-bond donors (Lipinski definition) is 0. The molecule has 1 saturated heterocycles. The van der Waals surface area contributed by atoms with Gasteiger partial charge in [0, 0.05) is 11.5 Å². The van der Waals surface area contributed by atoms with E-state index in [0.29, 0.717) is 0 Å². The summed E-state index contributed by atoms with van der Waals surface area (Å²) in [5.74, 6) is 2.23. The van der Waals surface area contributed by atoms with Gasteiger partial charge in [0.15, 0.2) is 0 Å². The molecule has 9 heavy (non-hydrogen) atoms. The zero-order valence-corrected chi connectivity index (χ0v) is 6.28. The molecule has 1 heterocycles. The third-order valence-corrected chi connectivity index (χ3v) is 2.03. The van der Waals surface area contributed by atoms with E-state index in [1.54, 1.807) is 0 Å². The zero-order valence-electron chi connectivity index (χ0n) is 5.47. The Bertz CT molecular complexity index is 39.5. The van der Waals surface area contributed by atoms with E-state index in [1.807, 2.05) is 11.8 Å². The van der Waals surface area contributed by atoms with Crippen molar-refractivity contribution in [3.05, 3.63) is 0 Å². The van der Waals surface area contributed by atoms with Crippen LogP contribution in [0.3, 0.4) is 0 Å². The maximum Gasteiger partial charge on any atom is 0.0700 e. The Kier molecular flexibility index (Phi) is 4.17. The molecule has 54 valence electrons. The molecule has 0 bridgehead atoms. The van der Waals surface area contributed by atoms with Crippen molar-refractivity contribution < 1.29 is 9.47 Å². The summed E-state index contributed by atoms with van der Waals surface area (Å²) in [4.78, 5) is 0. The fourth-order valence-electron chi connectivity index (χ4n) is 0.660.